The fourth-order valence-electron chi connectivity index (χ4n) is 4.55. The van der Waals surface area contributed by atoms with Gasteiger partial charge in [-0.15, -0.1) is 0 Å². The molecule has 5 heteroatoms. The summed E-state index contributed by atoms with van der Waals surface area (Å²) in [4.78, 5) is 15.4. The van der Waals surface area contributed by atoms with E-state index in [9.17, 15) is 4.79 Å². The van der Waals surface area contributed by atoms with Crippen LogP contribution in [0.5, 0.6) is 0 Å². The third-order valence-corrected chi connectivity index (χ3v) is 5.82. The molecule has 4 rings (SSSR count). The van der Waals surface area contributed by atoms with Crippen LogP contribution in [0.3, 0.4) is 0 Å². The molecule has 1 aromatic carbocycles. The lowest BCUT2D eigenvalue weighted by molar-refractivity contribution is 0.0734. The number of methoxy groups -OCH3 is 1. The summed E-state index contributed by atoms with van der Waals surface area (Å²) >= 11 is 0. The number of nitrogens with zero attached hydrogens (tertiary/aromatic N) is 3. The van der Waals surface area contributed by atoms with Crippen LogP contribution in [0.1, 0.15) is 50.1 Å². The van der Waals surface area contributed by atoms with E-state index in [-0.39, 0.29) is 5.91 Å². The zero-order chi connectivity index (χ0) is 19.1. The Kier molecular flexibility index (Phi) is 4.72. The molecule has 1 aliphatic rings. The van der Waals surface area contributed by atoms with Gasteiger partial charge in [0.2, 0.25) is 0 Å². The van der Waals surface area contributed by atoms with Crippen molar-refractivity contribution < 1.29 is 9.53 Å². The van der Waals surface area contributed by atoms with E-state index in [0.29, 0.717) is 25.2 Å². The first kappa shape index (κ1) is 18.1. The highest BCUT2D eigenvalue weighted by molar-refractivity contribution is 6.10. The highest BCUT2D eigenvalue weighted by Gasteiger charge is 2.30. The minimum Gasteiger partial charge on any atom is -0.383 e. The van der Waals surface area contributed by atoms with Crippen LogP contribution in [0.15, 0.2) is 30.3 Å². The third kappa shape index (κ3) is 2.85. The lowest BCUT2D eigenvalue weighted by atomic mass is 10.2. The van der Waals surface area contributed by atoms with Crippen molar-refractivity contribution in [3.05, 3.63) is 36.0 Å². The molecule has 3 heterocycles. The van der Waals surface area contributed by atoms with E-state index in [1.165, 1.54) is 10.9 Å². The summed E-state index contributed by atoms with van der Waals surface area (Å²) in [6.45, 7) is 8.66. The molecule has 0 bridgehead atoms. The molecule has 0 radical (unpaired) electrons. The average Bonchev–Trinajstić information content (AvgIpc) is 3.31. The molecule has 27 heavy (non-hydrogen) atoms. The number of para-hydroxylation sites is 1. The van der Waals surface area contributed by atoms with Crippen molar-refractivity contribution in [2.24, 2.45) is 0 Å². The summed E-state index contributed by atoms with van der Waals surface area (Å²) in [6, 6.07) is 11.2. The summed E-state index contributed by atoms with van der Waals surface area (Å²) in [5.74, 6) is 0.145. The van der Waals surface area contributed by atoms with Crippen LogP contribution in [0.2, 0.25) is 0 Å². The van der Waals surface area contributed by atoms with Gasteiger partial charge < -0.3 is 18.8 Å². The quantitative estimate of drug-likeness (QED) is 0.668. The molecule has 0 saturated carbocycles. The van der Waals surface area contributed by atoms with Gasteiger partial charge in [-0.2, -0.15) is 0 Å². The summed E-state index contributed by atoms with van der Waals surface area (Å²) < 4.78 is 9.88. The van der Waals surface area contributed by atoms with Gasteiger partial charge in [0.25, 0.3) is 5.91 Å². The van der Waals surface area contributed by atoms with Crippen LogP contribution >= 0.6 is 0 Å². The summed E-state index contributed by atoms with van der Waals surface area (Å²) in [5, 5.41) is 1.20. The topological polar surface area (TPSA) is 39.4 Å². The van der Waals surface area contributed by atoms with Crippen molar-refractivity contribution in [1.29, 1.82) is 0 Å². The number of hydrogen-bond acceptors (Lipinski definition) is 2. The van der Waals surface area contributed by atoms with Crippen molar-refractivity contribution in [3.63, 3.8) is 0 Å². The van der Waals surface area contributed by atoms with Gasteiger partial charge in [-0.25, -0.2) is 0 Å². The molecule has 0 spiro atoms. The Morgan fingerprint density at radius 1 is 1.26 bits per heavy atom. The molecule has 1 fully saturated rings. The number of fused-ring (bicyclic) bond motifs is 3. The van der Waals surface area contributed by atoms with Crippen molar-refractivity contribution in [2.75, 3.05) is 20.3 Å². The first-order chi connectivity index (χ1) is 13.0. The maximum absolute atomic E-state index is 13.4. The number of carbonyl (C=O) groups excluding carboxylic acids is 1. The van der Waals surface area contributed by atoms with Crippen molar-refractivity contribution >= 4 is 27.8 Å². The molecule has 3 aromatic rings. The number of likely N-dealkylation sites (tertiary alicyclic amines) is 1. The monoisotopic (exact) mass is 367 g/mol. The fraction of sp³-hybridized carbons (Fsp3) is 0.500. The summed E-state index contributed by atoms with van der Waals surface area (Å²) in [7, 11) is 1.71. The van der Waals surface area contributed by atoms with Gasteiger partial charge in [-0.1, -0.05) is 18.2 Å². The normalized spacial score (nSPS) is 17.7. The van der Waals surface area contributed by atoms with Crippen LogP contribution in [0, 0.1) is 0 Å². The van der Waals surface area contributed by atoms with E-state index >= 15 is 0 Å². The van der Waals surface area contributed by atoms with E-state index in [4.69, 9.17) is 4.74 Å². The van der Waals surface area contributed by atoms with E-state index in [1.807, 2.05) is 4.90 Å². The van der Waals surface area contributed by atoms with Crippen LogP contribution in [-0.2, 0) is 11.3 Å². The zero-order valence-electron chi connectivity index (χ0n) is 16.7. The Labute approximate surface area is 160 Å². The molecular weight excluding hydrogens is 338 g/mol. The molecule has 1 amide bonds. The minimum absolute atomic E-state index is 0.145. The predicted molar refractivity (Wildman–Crippen MR) is 109 cm³/mol. The Balaban J connectivity index is 1.96. The zero-order valence-corrected chi connectivity index (χ0v) is 16.7. The van der Waals surface area contributed by atoms with Crippen LogP contribution in [0.4, 0.5) is 0 Å². The van der Waals surface area contributed by atoms with Crippen molar-refractivity contribution in [3.8, 4) is 0 Å². The lowest BCUT2D eigenvalue weighted by Crippen LogP contribution is -2.35. The Bertz CT molecular complexity index is 982. The second-order valence-corrected chi connectivity index (χ2v) is 7.88. The van der Waals surface area contributed by atoms with Crippen LogP contribution in [-0.4, -0.2) is 46.2 Å². The number of rotatable bonds is 5. The molecule has 0 unspecified atom stereocenters. The largest absolute Gasteiger partial charge is 0.383 e. The maximum atomic E-state index is 13.4. The van der Waals surface area contributed by atoms with Gasteiger partial charge in [0.05, 0.1) is 23.2 Å². The van der Waals surface area contributed by atoms with Gasteiger partial charge in [0.1, 0.15) is 5.69 Å². The first-order valence-electron chi connectivity index (χ1n) is 9.96. The molecule has 0 aliphatic carbocycles. The maximum Gasteiger partial charge on any atom is 0.270 e. The molecule has 144 valence electrons. The van der Waals surface area contributed by atoms with E-state index in [1.54, 1.807) is 7.11 Å². The number of carbonyl (C=O) groups is 1. The van der Waals surface area contributed by atoms with Gasteiger partial charge >= 0.3 is 0 Å². The Morgan fingerprint density at radius 3 is 2.70 bits per heavy atom. The molecule has 2 aromatic heterocycles. The van der Waals surface area contributed by atoms with Crippen LogP contribution < -0.4 is 0 Å². The number of benzene rings is 1. The number of ether oxygens (including phenoxy) is 1. The summed E-state index contributed by atoms with van der Waals surface area (Å²) in [6.07, 6.45) is 2.18. The Hall–Kier alpha value is -2.27. The predicted octanol–water partition coefficient (Wildman–Crippen LogP) is 4.45. The molecule has 0 N–H and O–H groups in total. The Morgan fingerprint density at radius 2 is 2.04 bits per heavy atom. The smallest absolute Gasteiger partial charge is 0.270 e. The second-order valence-electron chi connectivity index (χ2n) is 7.88. The fourth-order valence-corrected chi connectivity index (χ4v) is 4.55. The molecule has 1 aliphatic heterocycles. The van der Waals surface area contributed by atoms with Crippen molar-refractivity contribution in [1.82, 2.24) is 14.0 Å². The number of aromatic nitrogens is 2. The molecule has 1 saturated heterocycles. The van der Waals surface area contributed by atoms with E-state index in [2.05, 4.69) is 60.2 Å². The second kappa shape index (κ2) is 7.04. The van der Waals surface area contributed by atoms with Gasteiger partial charge in [0.15, 0.2) is 0 Å². The highest BCUT2D eigenvalue weighted by atomic mass is 16.5. The minimum atomic E-state index is 0.145. The number of hydrogen-bond donors (Lipinski definition) is 0. The highest BCUT2D eigenvalue weighted by Crippen LogP contribution is 2.35. The van der Waals surface area contributed by atoms with Crippen molar-refractivity contribution in [2.45, 2.75) is 52.2 Å². The van der Waals surface area contributed by atoms with Gasteiger partial charge in [0, 0.05) is 37.7 Å². The number of amides is 1. The third-order valence-electron chi connectivity index (χ3n) is 5.82. The lowest BCUT2D eigenvalue weighted by Gasteiger charge is -2.22. The summed E-state index contributed by atoms with van der Waals surface area (Å²) in [5.41, 5.74) is 4.28. The molecular formula is C22H29N3O2. The average molecular weight is 367 g/mol. The van der Waals surface area contributed by atoms with E-state index < -0.39 is 0 Å². The van der Waals surface area contributed by atoms with E-state index in [0.717, 1.165) is 36.1 Å². The molecule has 5 nitrogen and oxygen atoms in total. The SMILES string of the molecule is COCCn1c(C(=O)N2CCC[C@H]2C)cc2c1c1ccccc1n2C(C)C. The molecule has 1 atom stereocenters. The van der Waals surface area contributed by atoms with Gasteiger partial charge in [-0.05, 0) is 45.7 Å². The first-order valence-corrected chi connectivity index (χ1v) is 9.96. The van der Waals surface area contributed by atoms with Crippen LogP contribution in [0.25, 0.3) is 21.9 Å². The standard InChI is InChI=1S/C22H29N3O2/c1-15(2)25-18-10-6-5-9-17(18)21-19(25)14-20(24(21)12-13-27-4)22(26)23-11-7-8-16(23)3/h5-6,9-10,14-16H,7-8,11-13H2,1-4H3/t16-/m1/s1. The van der Waals surface area contributed by atoms with Gasteiger partial charge in [-0.3, -0.25) is 4.79 Å².